The van der Waals surface area contributed by atoms with Gasteiger partial charge in [0, 0.05) is 10.7 Å². The zero-order chi connectivity index (χ0) is 15.0. The second-order valence-electron chi connectivity index (χ2n) is 3.66. The summed E-state index contributed by atoms with van der Waals surface area (Å²) >= 11 is 9.08. The van der Waals surface area contributed by atoms with Gasteiger partial charge >= 0.3 is 12.3 Å². The van der Waals surface area contributed by atoms with Gasteiger partial charge in [0.1, 0.15) is 5.69 Å². The number of imidazole rings is 1. The fourth-order valence-corrected chi connectivity index (χ4v) is 2.32. The molecule has 0 atom stereocenters. The zero-order valence-electron chi connectivity index (χ0n) is 9.56. The van der Waals surface area contributed by atoms with Crippen molar-refractivity contribution in [3.8, 4) is 0 Å². The summed E-state index contributed by atoms with van der Waals surface area (Å²) in [5, 5.41) is 0.0883. The zero-order valence-corrected chi connectivity index (χ0v) is 11.9. The number of hydrogen-bond acceptors (Lipinski definition) is 4. The fraction of sp³-hybridized carbons (Fsp3) is 0.100. The van der Waals surface area contributed by atoms with Crippen LogP contribution in [0.25, 0.3) is 5.65 Å². The highest BCUT2D eigenvalue weighted by molar-refractivity contribution is 9.10. The van der Waals surface area contributed by atoms with E-state index >= 15 is 0 Å². The molecule has 0 radical (unpaired) electrons. The molecule has 0 aromatic carbocycles. The van der Waals surface area contributed by atoms with E-state index < -0.39 is 18.2 Å². The van der Waals surface area contributed by atoms with Crippen molar-refractivity contribution in [3.63, 3.8) is 0 Å². The maximum atomic E-state index is 12.2. The first-order chi connectivity index (χ1) is 9.32. The highest BCUT2D eigenvalue weighted by Crippen LogP contribution is 2.23. The van der Waals surface area contributed by atoms with Crippen LogP contribution in [0.3, 0.4) is 0 Å². The summed E-state index contributed by atoms with van der Waals surface area (Å²) < 4.78 is 26.3. The lowest BCUT2D eigenvalue weighted by Crippen LogP contribution is -2.46. The van der Waals surface area contributed by atoms with Crippen LogP contribution in [-0.2, 0) is 4.79 Å². The van der Waals surface area contributed by atoms with E-state index in [2.05, 4.69) is 20.9 Å². The first kappa shape index (κ1) is 14.8. The van der Waals surface area contributed by atoms with E-state index in [9.17, 15) is 18.4 Å². The van der Waals surface area contributed by atoms with Crippen LogP contribution in [-0.4, -0.2) is 32.6 Å². The molecule has 2 aromatic heterocycles. The van der Waals surface area contributed by atoms with Crippen LogP contribution in [0.15, 0.2) is 22.9 Å². The van der Waals surface area contributed by atoms with Crippen LogP contribution in [0.1, 0.15) is 10.5 Å². The number of fused-ring (bicyclic) bond motifs is 1. The molecule has 0 fully saturated rings. The van der Waals surface area contributed by atoms with Crippen molar-refractivity contribution in [3.05, 3.63) is 33.6 Å². The number of hydrazine groups is 1. The van der Waals surface area contributed by atoms with Crippen LogP contribution in [0.2, 0.25) is 5.02 Å². The van der Waals surface area contributed by atoms with Crippen LogP contribution < -0.4 is 5.84 Å². The van der Waals surface area contributed by atoms with Gasteiger partial charge in [0.25, 0.3) is 5.91 Å². The molecule has 0 aliphatic heterocycles. The number of alkyl halides is 2. The number of pyridine rings is 1. The number of amides is 2. The summed E-state index contributed by atoms with van der Waals surface area (Å²) in [6.45, 7) is 0. The molecule has 10 heteroatoms. The number of carbonyl (C=O) groups is 2. The third-order valence-electron chi connectivity index (χ3n) is 2.39. The smallest absolute Gasteiger partial charge is 0.293 e. The summed E-state index contributed by atoms with van der Waals surface area (Å²) in [6, 6.07) is 1.54. The second-order valence-corrected chi connectivity index (χ2v) is 4.98. The monoisotopic (exact) mass is 366 g/mol. The van der Waals surface area contributed by atoms with Gasteiger partial charge in [-0.25, -0.2) is 15.8 Å². The Morgan fingerprint density at radius 2 is 2.15 bits per heavy atom. The maximum Gasteiger partial charge on any atom is 0.317 e. The first-order valence-electron chi connectivity index (χ1n) is 5.06. The van der Waals surface area contributed by atoms with Crippen molar-refractivity contribution in [2.45, 2.75) is 6.43 Å². The molecule has 0 aliphatic rings. The summed E-state index contributed by atoms with van der Waals surface area (Å²) in [5.74, 6) is 2.17. The van der Waals surface area contributed by atoms with E-state index in [4.69, 9.17) is 17.4 Å². The van der Waals surface area contributed by atoms with Crippen molar-refractivity contribution in [1.82, 2.24) is 14.4 Å². The molecule has 0 spiro atoms. The van der Waals surface area contributed by atoms with Crippen LogP contribution >= 0.6 is 27.5 Å². The lowest BCUT2D eigenvalue weighted by Gasteiger charge is -2.13. The number of nitrogens with two attached hydrogens (primary N) is 1. The van der Waals surface area contributed by atoms with Crippen molar-refractivity contribution < 1.29 is 18.4 Å². The molecule has 0 saturated carbocycles. The molecule has 2 amide bonds. The summed E-state index contributed by atoms with van der Waals surface area (Å²) in [6.07, 6.45) is -0.838. The second kappa shape index (κ2) is 5.43. The van der Waals surface area contributed by atoms with Gasteiger partial charge < -0.3 is 0 Å². The number of rotatable bonds is 2. The van der Waals surface area contributed by atoms with Gasteiger partial charge in [-0.15, -0.1) is 0 Å². The molecule has 2 N–H and O–H groups in total. The maximum absolute atomic E-state index is 12.2. The molecule has 0 aliphatic carbocycles. The van der Waals surface area contributed by atoms with Crippen molar-refractivity contribution in [2.24, 2.45) is 5.84 Å². The molecule has 2 aromatic rings. The van der Waals surface area contributed by atoms with Crippen molar-refractivity contribution in [1.29, 1.82) is 0 Å². The minimum absolute atomic E-state index is 0.150. The average molecular weight is 368 g/mol. The van der Waals surface area contributed by atoms with E-state index in [1.165, 1.54) is 10.6 Å². The van der Waals surface area contributed by atoms with E-state index in [0.29, 0.717) is 4.47 Å². The average Bonchev–Trinajstić information content (AvgIpc) is 2.79. The number of nitrogens with zero attached hydrogens (tertiary/aromatic N) is 3. The fourth-order valence-electron chi connectivity index (χ4n) is 1.50. The van der Waals surface area contributed by atoms with Crippen LogP contribution in [0.5, 0.6) is 0 Å². The molecular weight excluding hydrogens is 361 g/mol. The Labute approximate surface area is 124 Å². The topological polar surface area (TPSA) is 80.7 Å². The molecule has 106 valence electrons. The SMILES string of the molecule is NN(C(=O)c1cnc2c(Cl)cc(Br)cn12)C(=O)C(F)F. The van der Waals surface area contributed by atoms with E-state index in [1.54, 1.807) is 6.07 Å². The van der Waals surface area contributed by atoms with Gasteiger partial charge in [-0.3, -0.25) is 14.0 Å². The molecule has 6 nitrogen and oxygen atoms in total. The Kier molecular flexibility index (Phi) is 4.02. The first-order valence-corrected chi connectivity index (χ1v) is 6.23. The van der Waals surface area contributed by atoms with Gasteiger partial charge in [-0.2, -0.15) is 8.78 Å². The molecular formula is C10H6BrClF2N4O2. The number of imide groups is 1. The Morgan fingerprint density at radius 1 is 1.50 bits per heavy atom. The Morgan fingerprint density at radius 3 is 2.75 bits per heavy atom. The standard InChI is InChI=1S/C10H6BrClF2N4O2/c11-4-1-5(12)8-16-2-6(17(8)3-4)9(19)18(15)10(20)7(13)14/h1-3,7H,15H2. The number of halogens is 4. The number of carbonyl (C=O) groups excluding carboxylic acids is 2. The number of aromatic nitrogens is 2. The molecule has 2 heterocycles. The quantitative estimate of drug-likeness (QED) is 0.499. The van der Waals surface area contributed by atoms with Crippen molar-refractivity contribution >= 4 is 45.0 Å². The summed E-state index contributed by atoms with van der Waals surface area (Å²) in [5.41, 5.74) is 0.0656. The highest BCUT2D eigenvalue weighted by atomic mass is 79.9. The van der Waals surface area contributed by atoms with Gasteiger partial charge in [-0.05, 0) is 22.0 Å². The Hall–Kier alpha value is -1.58. The van der Waals surface area contributed by atoms with Crippen LogP contribution in [0, 0.1) is 0 Å². The predicted molar refractivity (Wildman–Crippen MR) is 69.3 cm³/mol. The lowest BCUT2D eigenvalue weighted by atomic mass is 10.4. The third-order valence-corrected chi connectivity index (χ3v) is 3.10. The lowest BCUT2D eigenvalue weighted by molar-refractivity contribution is -0.140. The normalized spacial score (nSPS) is 11.1. The minimum Gasteiger partial charge on any atom is -0.293 e. The minimum atomic E-state index is -3.38. The van der Waals surface area contributed by atoms with Gasteiger partial charge in [0.2, 0.25) is 0 Å². The van der Waals surface area contributed by atoms with E-state index in [1.807, 2.05) is 0 Å². The van der Waals surface area contributed by atoms with Gasteiger partial charge in [0.15, 0.2) is 5.65 Å². The van der Waals surface area contributed by atoms with Gasteiger partial charge in [-0.1, -0.05) is 11.6 Å². The summed E-state index contributed by atoms with van der Waals surface area (Å²) in [7, 11) is 0. The molecule has 20 heavy (non-hydrogen) atoms. The summed E-state index contributed by atoms with van der Waals surface area (Å²) in [4.78, 5) is 26.8. The van der Waals surface area contributed by atoms with Gasteiger partial charge in [0.05, 0.1) is 11.2 Å². The molecule has 2 rings (SSSR count). The number of hydrogen-bond donors (Lipinski definition) is 1. The molecule has 0 bridgehead atoms. The third kappa shape index (κ3) is 2.51. The van der Waals surface area contributed by atoms with E-state index in [-0.39, 0.29) is 21.4 Å². The molecule has 0 saturated heterocycles. The Balaban J connectivity index is 2.48. The highest BCUT2D eigenvalue weighted by Gasteiger charge is 2.29. The Bertz CT molecular complexity index is 706. The predicted octanol–water partition coefficient (Wildman–Crippen LogP) is 1.86. The van der Waals surface area contributed by atoms with Crippen LogP contribution in [0.4, 0.5) is 8.78 Å². The largest absolute Gasteiger partial charge is 0.317 e. The van der Waals surface area contributed by atoms with E-state index in [0.717, 1.165) is 6.20 Å². The van der Waals surface area contributed by atoms with Crippen molar-refractivity contribution in [2.75, 3.05) is 0 Å². The molecule has 0 unspecified atom stereocenters.